The summed E-state index contributed by atoms with van der Waals surface area (Å²) in [6.07, 6.45) is 3.56. The molecule has 0 radical (unpaired) electrons. The summed E-state index contributed by atoms with van der Waals surface area (Å²) >= 11 is 0. The molecular formula is C11H19NO2. The van der Waals surface area contributed by atoms with Crippen LogP contribution in [0.5, 0.6) is 0 Å². The van der Waals surface area contributed by atoms with Crippen LogP contribution in [-0.4, -0.2) is 41.0 Å². The number of Topliss-reactive ketones (excluding diaryl/α,β-unsaturated/α-hetero) is 1. The minimum Gasteiger partial charge on any atom is -0.393 e. The van der Waals surface area contributed by atoms with E-state index in [9.17, 15) is 9.90 Å². The van der Waals surface area contributed by atoms with Crippen molar-refractivity contribution in [1.82, 2.24) is 4.90 Å². The molecule has 0 aromatic carbocycles. The van der Waals surface area contributed by atoms with Gasteiger partial charge in [-0.1, -0.05) is 6.42 Å². The standard InChI is InChI=1S/C11H19NO2/c1-7(13)11-9-5-3-4-8(12(9)2)6-10(11)14/h7-9,11,13H,3-6H2,1-2H3/t7-,8+,9-,11-/m0/s1. The zero-order valence-electron chi connectivity index (χ0n) is 8.94. The third-order valence-electron chi connectivity index (χ3n) is 3.88. The second kappa shape index (κ2) is 3.63. The maximum absolute atomic E-state index is 11.8. The number of rotatable bonds is 1. The van der Waals surface area contributed by atoms with Crippen molar-refractivity contribution in [1.29, 1.82) is 0 Å². The fourth-order valence-electron chi connectivity index (χ4n) is 3.09. The van der Waals surface area contributed by atoms with Crippen molar-refractivity contribution in [3.63, 3.8) is 0 Å². The zero-order valence-corrected chi connectivity index (χ0v) is 8.94. The van der Waals surface area contributed by atoms with Gasteiger partial charge in [-0.05, 0) is 26.8 Å². The summed E-state index contributed by atoms with van der Waals surface area (Å²) in [5.74, 6) is 0.129. The predicted octanol–water partition coefficient (Wildman–Crippen LogP) is 0.809. The summed E-state index contributed by atoms with van der Waals surface area (Å²) in [5.41, 5.74) is 0. The Kier molecular flexibility index (Phi) is 2.62. The summed E-state index contributed by atoms with van der Waals surface area (Å²) < 4.78 is 0. The Balaban J connectivity index is 2.21. The van der Waals surface area contributed by atoms with E-state index in [0.717, 1.165) is 12.8 Å². The lowest BCUT2D eigenvalue weighted by Crippen LogP contribution is -2.57. The number of hydrogen-bond acceptors (Lipinski definition) is 3. The van der Waals surface area contributed by atoms with Crippen LogP contribution in [-0.2, 0) is 4.79 Å². The SMILES string of the molecule is C[C@H](O)[C@@H]1C(=O)C[C@H]2CCC[C@@H]1N2C. The normalized spacial score (nSPS) is 41.1. The van der Waals surface area contributed by atoms with E-state index in [0.29, 0.717) is 12.5 Å². The largest absolute Gasteiger partial charge is 0.393 e. The van der Waals surface area contributed by atoms with Crippen LogP contribution in [0.2, 0.25) is 0 Å². The lowest BCUT2D eigenvalue weighted by atomic mass is 9.75. The van der Waals surface area contributed by atoms with Gasteiger partial charge >= 0.3 is 0 Å². The molecule has 0 unspecified atom stereocenters. The third kappa shape index (κ3) is 1.48. The molecule has 1 N–H and O–H groups in total. The molecule has 0 spiro atoms. The molecule has 3 heteroatoms. The predicted molar refractivity (Wildman–Crippen MR) is 54.0 cm³/mol. The number of aliphatic hydroxyl groups is 1. The summed E-state index contributed by atoms with van der Waals surface area (Å²) in [4.78, 5) is 14.1. The molecule has 4 atom stereocenters. The van der Waals surface area contributed by atoms with Crippen molar-refractivity contribution < 1.29 is 9.90 Å². The smallest absolute Gasteiger partial charge is 0.141 e. The quantitative estimate of drug-likeness (QED) is 0.676. The zero-order chi connectivity index (χ0) is 10.3. The fourth-order valence-corrected chi connectivity index (χ4v) is 3.09. The Hall–Kier alpha value is -0.410. The van der Waals surface area contributed by atoms with Gasteiger partial charge in [0.05, 0.1) is 12.0 Å². The lowest BCUT2D eigenvalue weighted by molar-refractivity contribution is -0.138. The van der Waals surface area contributed by atoms with Crippen LogP contribution in [0, 0.1) is 5.92 Å². The maximum Gasteiger partial charge on any atom is 0.141 e. The number of carbonyl (C=O) groups excluding carboxylic acids is 1. The minimum absolute atomic E-state index is 0.142. The minimum atomic E-state index is -0.492. The van der Waals surface area contributed by atoms with E-state index < -0.39 is 6.10 Å². The monoisotopic (exact) mass is 197 g/mol. The highest BCUT2D eigenvalue weighted by molar-refractivity contribution is 5.83. The van der Waals surface area contributed by atoms with Gasteiger partial charge in [0.2, 0.25) is 0 Å². The average Bonchev–Trinajstić information content (AvgIpc) is 2.07. The van der Waals surface area contributed by atoms with Gasteiger partial charge in [-0.2, -0.15) is 0 Å². The molecular weight excluding hydrogens is 178 g/mol. The van der Waals surface area contributed by atoms with Crippen molar-refractivity contribution in [3.8, 4) is 0 Å². The number of piperidine rings is 2. The molecule has 2 aliphatic heterocycles. The van der Waals surface area contributed by atoms with Crippen LogP contribution >= 0.6 is 0 Å². The molecule has 80 valence electrons. The van der Waals surface area contributed by atoms with Crippen LogP contribution in [0.15, 0.2) is 0 Å². The highest BCUT2D eigenvalue weighted by Gasteiger charge is 2.44. The van der Waals surface area contributed by atoms with Gasteiger partial charge in [0.15, 0.2) is 0 Å². The van der Waals surface area contributed by atoms with Gasteiger partial charge in [0, 0.05) is 18.5 Å². The molecule has 2 heterocycles. The van der Waals surface area contributed by atoms with Crippen molar-refractivity contribution in [2.75, 3.05) is 7.05 Å². The molecule has 2 rings (SSSR count). The first-order valence-corrected chi connectivity index (χ1v) is 5.54. The van der Waals surface area contributed by atoms with Crippen LogP contribution in [0.3, 0.4) is 0 Å². The molecule has 2 bridgehead atoms. The van der Waals surface area contributed by atoms with E-state index in [-0.39, 0.29) is 17.7 Å². The van der Waals surface area contributed by atoms with E-state index in [1.54, 1.807) is 6.92 Å². The van der Waals surface area contributed by atoms with Gasteiger partial charge in [0.25, 0.3) is 0 Å². The number of aliphatic hydroxyl groups excluding tert-OH is 1. The van der Waals surface area contributed by atoms with Gasteiger partial charge in [-0.3, -0.25) is 9.69 Å². The molecule has 0 amide bonds. The van der Waals surface area contributed by atoms with Crippen LogP contribution in [0.25, 0.3) is 0 Å². The van der Waals surface area contributed by atoms with E-state index in [2.05, 4.69) is 11.9 Å². The molecule has 0 aliphatic carbocycles. The van der Waals surface area contributed by atoms with E-state index in [1.807, 2.05) is 0 Å². The van der Waals surface area contributed by atoms with Crippen LogP contribution < -0.4 is 0 Å². The van der Waals surface area contributed by atoms with Crippen LogP contribution in [0.1, 0.15) is 32.6 Å². The van der Waals surface area contributed by atoms with E-state index in [1.165, 1.54) is 6.42 Å². The molecule has 2 aliphatic rings. The maximum atomic E-state index is 11.8. The van der Waals surface area contributed by atoms with Crippen molar-refractivity contribution in [2.24, 2.45) is 5.92 Å². The molecule has 2 saturated heterocycles. The number of carbonyl (C=O) groups is 1. The number of hydrogen-bond donors (Lipinski definition) is 1. The third-order valence-corrected chi connectivity index (χ3v) is 3.88. The average molecular weight is 197 g/mol. The second-order valence-corrected chi connectivity index (χ2v) is 4.75. The Labute approximate surface area is 85.1 Å². The summed E-state index contributed by atoms with van der Waals surface area (Å²) in [6, 6.07) is 0.728. The molecule has 14 heavy (non-hydrogen) atoms. The number of fused-ring (bicyclic) bond motifs is 2. The molecule has 0 aromatic rings. The molecule has 2 fully saturated rings. The summed E-state index contributed by atoms with van der Waals surface area (Å²) in [6.45, 7) is 1.74. The second-order valence-electron chi connectivity index (χ2n) is 4.75. The van der Waals surface area contributed by atoms with Crippen molar-refractivity contribution in [2.45, 2.75) is 50.8 Å². The van der Waals surface area contributed by atoms with Crippen molar-refractivity contribution in [3.05, 3.63) is 0 Å². The Bertz CT molecular complexity index is 239. The highest BCUT2D eigenvalue weighted by atomic mass is 16.3. The van der Waals surface area contributed by atoms with Gasteiger partial charge in [-0.15, -0.1) is 0 Å². The molecule has 0 saturated carbocycles. The van der Waals surface area contributed by atoms with Crippen molar-refractivity contribution >= 4 is 5.78 Å². The Morgan fingerprint density at radius 2 is 2.21 bits per heavy atom. The van der Waals surface area contributed by atoms with Gasteiger partial charge in [-0.25, -0.2) is 0 Å². The number of ketones is 1. The lowest BCUT2D eigenvalue weighted by Gasteiger charge is -2.48. The van der Waals surface area contributed by atoms with Crippen LogP contribution in [0.4, 0.5) is 0 Å². The first-order chi connectivity index (χ1) is 6.61. The Morgan fingerprint density at radius 1 is 1.50 bits per heavy atom. The topological polar surface area (TPSA) is 40.5 Å². The van der Waals surface area contributed by atoms with Gasteiger partial charge in [0.1, 0.15) is 5.78 Å². The Morgan fingerprint density at radius 3 is 2.86 bits per heavy atom. The van der Waals surface area contributed by atoms with E-state index in [4.69, 9.17) is 0 Å². The highest BCUT2D eigenvalue weighted by Crippen LogP contribution is 2.35. The summed E-state index contributed by atoms with van der Waals surface area (Å²) in [5, 5.41) is 9.63. The number of nitrogens with zero attached hydrogens (tertiary/aromatic N) is 1. The van der Waals surface area contributed by atoms with Gasteiger partial charge < -0.3 is 5.11 Å². The molecule has 3 nitrogen and oxygen atoms in total. The first kappa shape index (κ1) is 10.1. The summed E-state index contributed by atoms with van der Waals surface area (Å²) in [7, 11) is 2.09. The molecule has 0 aromatic heterocycles. The fraction of sp³-hybridized carbons (Fsp3) is 0.909. The first-order valence-electron chi connectivity index (χ1n) is 5.54. The van der Waals surface area contributed by atoms with E-state index >= 15 is 0 Å².